The highest BCUT2D eigenvalue weighted by Gasteiger charge is 2.36. The lowest BCUT2D eigenvalue weighted by atomic mass is 9.96. The normalized spacial score (nSPS) is 13.4. The fourth-order valence-electron chi connectivity index (χ4n) is 1.25. The van der Waals surface area contributed by atoms with E-state index >= 15 is 0 Å². The topological polar surface area (TPSA) is 95.5 Å². The molecule has 0 aromatic carbocycles. The smallest absolute Gasteiger partial charge is 0.391 e. The molecule has 0 aliphatic heterocycles. The van der Waals surface area contributed by atoms with Crippen molar-refractivity contribution in [3.05, 3.63) is 0 Å². The van der Waals surface area contributed by atoms with Crippen LogP contribution in [-0.2, 0) is 14.4 Å². The zero-order valence-corrected chi connectivity index (χ0v) is 12.0. The predicted molar refractivity (Wildman–Crippen MR) is 67.3 cm³/mol. The Morgan fingerprint density at radius 1 is 1.14 bits per heavy atom. The van der Waals surface area contributed by atoms with Gasteiger partial charge in [-0.15, -0.1) is 0 Å². The number of amides is 2. The summed E-state index contributed by atoms with van der Waals surface area (Å²) in [4.78, 5) is 33.5. The van der Waals surface area contributed by atoms with E-state index in [1.807, 2.05) is 0 Å². The minimum atomic E-state index is -4.70. The van der Waals surface area contributed by atoms with Gasteiger partial charge in [-0.05, 0) is 0 Å². The van der Waals surface area contributed by atoms with Crippen LogP contribution in [0.4, 0.5) is 13.2 Å². The molecule has 2 amide bonds. The maximum atomic E-state index is 12.1. The third kappa shape index (κ3) is 8.87. The Kier molecular flexibility index (Phi) is 6.65. The Labute approximate surface area is 120 Å². The van der Waals surface area contributed by atoms with Gasteiger partial charge in [0, 0.05) is 18.4 Å². The van der Waals surface area contributed by atoms with Crippen LogP contribution in [0.1, 0.15) is 33.6 Å². The monoisotopic (exact) mass is 312 g/mol. The minimum Gasteiger partial charge on any atom is -0.480 e. The lowest BCUT2D eigenvalue weighted by Gasteiger charge is -2.18. The number of halogens is 3. The van der Waals surface area contributed by atoms with Gasteiger partial charge < -0.3 is 15.7 Å². The van der Waals surface area contributed by atoms with E-state index in [1.165, 1.54) is 0 Å². The summed E-state index contributed by atoms with van der Waals surface area (Å²) in [5.41, 5.74) is -0.656. The van der Waals surface area contributed by atoms with Gasteiger partial charge in [-0.3, -0.25) is 9.59 Å². The highest BCUT2D eigenvalue weighted by atomic mass is 19.4. The van der Waals surface area contributed by atoms with Gasteiger partial charge in [0.1, 0.15) is 6.04 Å². The molecule has 3 N–H and O–H groups in total. The lowest BCUT2D eigenvalue weighted by molar-refractivity contribution is -0.160. The van der Waals surface area contributed by atoms with E-state index in [2.05, 4.69) is 5.32 Å². The van der Waals surface area contributed by atoms with Gasteiger partial charge in [-0.2, -0.15) is 13.2 Å². The standard InChI is InChI=1S/C12H19F3N2O4/c1-11(2,3)10(21)16-5-4-8(18)17-7(9(19)20)6-12(13,14)15/h7H,4-6H2,1-3H3,(H,16,21)(H,17,18)(H,19,20). The van der Waals surface area contributed by atoms with Crippen molar-refractivity contribution in [1.29, 1.82) is 0 Å². The average molecular weight is 312 g/mol. The summed E-state index contributed by atoms with van der Waals surface area (Å²) in [6, 6.07) is -2.03. The van der Waals surface area contributed by atoms with Crippen LogP contribution in [0.5, 0.6) is 0 Å². The number of carbonyl (C=O) groups excluding carboxylic acids is 2. The van der Waals surface area contributed by atoms with Gasteiger partial charge in [0.2, 0.25) is 11.8 Å². The Hall–Kier alpha value is -1.80. The van der Waals surface area contributed by atoms with Gasteiger partial charge in [0.05, 0.1) is 6.42 Å². The van der Waals surface area contributed by atoms with Crippen molar-refractivity contribution in [2.75, 3.05) is 6.54 Å². The molecule has 0 aliphatic rings. The fraction of sp³-hybridized carbons (Fsp3) is 0.750. The fourth-order valence-corrected chi connectivity index (χ4v) is 1.25. The molecule has 0 rings (SSSR count). The number of carboxylic acids is 1. The first-order chi connectivity index (χ1) is 9.33. The molecule has 0 heterocycles. The molecule has 9 heteroatoms. The summed E-state index contributed by atoms with van der Waals surface area (Å²) in [6.45, 7) is 4.89. The minimum absolute atomic E-state index is 0.0830. The Morgan fingerprint density at radius 2 is 1.67 bits per heavy atom. The van der Waals surface area contributed by atoms with Crippen LogP contribution in [0, 0.1) is 5.41 Å². The van der Waals surface area contributed by atoms with Crippen molar-refractivity contribution in [3.63, 3.8) is 0 Å². The van der Waals surface area contributed by atoms with Crippen LogP contribution in [-0.4, -0.2) is 41.7 Å². The Bertz CT molecular complexity index is 402. The second-order valence-electron chi connectivity index (χ2n) is 5.53. The maximum absolute atomic E-state index is 12.1. The number of carboxylic acid groups (broad SMARTS) is 1. The molecule has 0 spiro atoms. The molecule has 0 saturated heterocycles. The summed E-state index contributed by atoms with van der Waals surface area (Å²) in [5, 5.41) is 12.8. The van der Waals surface area contributed by atoms with Gasteiger partial charge >= 0.3 is 12.1 Å². The molecule has 0 saturated carbocycles. The number of nitrogens with one attached hydrogen (secondary N) is 2. The molecule has 0 aromatic rings. The SMILES string of the molecule is CC(C)(C)C(=O)NCCC(=O)NC(CC(F)(F)F)C(=O)O. The highest BCUT2D eigenvalue weighted by Crippen LogP contribution is 2.21. The predicted octanol–water partition coefficient (Wildman–Crippen LogP) is 1.06. The summed E-state index contributed by atoms with van der Waals surface area (Å²) in [5.74, 6) is -2.96. The first-order valence-corrected chi connectivity index (χ1v) is 6.20. The third-order valence-corrected chi connectivity index (χ3v) is 2.39. The van der Waals surface area contributed by atoms with Crippen molar-refractivity contribution in [3.8, 4) is 0 Å². The van der Waals surface area contributed by atoms with Gasteiger partial charge in [-0.25, -0.2) is 4.79 Å². The summed E-state index contributed by atoms with van der Waals surface area (Å²) >= 11 is 0. The number of carbonyl (C=O) groups is 3. The molecule has 1 unspecified atom stereocenters. The van der Waals surface area contributed by atoms with Gasteiger partial charge in [0.15, 0.2) is 0 Å². The van der Waals surface area contributed by atoms with E-state index in [-0.39, 0.29) is 18.9 Å². The lowest BCUT2D eigenvalue weighted by Crippen LogP contribution is -2.45. The maximum Gasteiger partial charge on any atom is 0.391 e. The largest absolute Gasteiger partial charge is 0.480 e. The quantitative estimate of drug-likeness (QED) is 0.683. The van der Waals surface area contributed by atoms with E-state index in [0.717, 1.165) is 0 Å². The van der Waals surface area contributed by atoms with Crippen LogP contribution in [0.2, 0.25) is 0 Å². The van der Waals surface area contributed by atoms with E-state index in [0.29, 0.717) is 0 Å². The molecule has 0 aromatic heterocycles. The van der Waals surface area contributed by atoms with Crippen LogP contribution >= 0.6 is 0 Å². The Morgan fingerprint density at radius 3 is 2.05 bits per heavy atom. The molecular weight excluding hydrogens is 293 g/mol. The van der Waals surface area contributed by atoms with E-state index < -0.39 is 35.9 Å². The molecule has 6 nitrogen and oxygen atoms in total. The van der Waals surface area contributed by atoms with Gasteiger partial charge in [0.25, 0.3) is 0 Å². The van der Waals surface area contributed by atoms with Crippen molar-refractivity contribution in [2.24, 2.45) is 5.41 Å². The van der Waals surface area contributed by atoms with Crippen LogP contribution in [0.3, 0.4) is 0 Å². The van der Waals surface area contributed by atoms with Crippen molar-refractivity contribution >= 4 is 17.8 Å². The zero-order valence-electron chi connectivity index (χ0n) is 12.0. The number of hydrogen-bond acceptors (Lipinski definition) is 3. The first kappa shape index (κ1) is 19.2. The Balaban J connectivity index is 4.28. The number of alkyl halides is 3. The molecule has 1 atom stereocenters. The van der Waals surface area contributed by atoms with Crippen LogP contribution in [0.25, 0.3) is 0 Å². The first-order valence-electron chi connectivity index (χ1n) is 6.20. The van der Waals surface area contributed by atoms with Crippen molar-refractivity contribution in [2.45, 2.75) is 45.8 Å². The van der Waals surface area contributed by atoms with Crippen molar-refractivity contribution in [1.82, 2.24) is 10.6 Å². The van der Waals surface area contributed by atoms with E-state index in [4.69, 9.17) is 5.11 Å². The summed E-state index contributed by atoms with van der Waals surface area (Å²) in [7, 11) is 0. The number of aliphatic carboxylic acids is 1. The molecule has 21 heavy (non-hydrogen) atoms. The molecule has 122 valence electrons. The van der Waals surface area contributed by atoms with Gasteiger partial charge in [-0.1, -0.05) is 20.8 Å². The summed E-state index contributed by atoms with van der Waals surface area (Å²) in [6.07, 6.45) is -6.65. The third-order valence-electron chi connectivity index (χ3n) is 2.39. The molecular formula is C12H19F3N2O4. The van der Waals surface area contributed by atoms with Crippen LogP contribution in [0.15, 0.2) is 0 Å². The zero-order chi connectivity index (χ0) is 16.8. The number of hydrogen-bond donors (Lipinski definition) is 3. The second kappa shape index (κ2) is 7.28. The average Bonchev–Trinajstić information content (AvgIpc) is 2.24. The summed E-state index contributed by atoms with van der Waals surface area (Å²) < 4.78 is 36.4. The number of rotatable bonds is 6. The van der Waals surface area contributed by atoms with Crippen molar-refractivity contribution < 1.29 is 32.7 Å². The molecule has 0 fully saturated rings. The molecule has 0 bridgehead atoms. The highest BCUT2D eigenvalue weighted by molar-refractivity contribution is 5.85. The van der Waals surface area contributed by atoms with E-state index in [9.17, 15) is 27.6 Å². The van der Waals surface area contributed by atoms with Crippen LogP contribution < -0.4 is 10.6 Å². The molecule has 0 radical (unpaired) electrons. The van der Waals surface area contributed by atoms with E-state index in [1.54, 1.807) is 26.1 Å². The molecule has 0 aliphatic carbocycles. The second-order valence-corrected chi connectivity index (χ2v) is 5.53.